The van der Waals surface area contributed by atoms with Crippen LogP contribution in [0.3, 0.4) is 0 Å². The zero-order valence-electron chi connectivity index (χ0n) is 29.0. The van der Waals surface area contributed by atoms with Crippen LogP contribution >= 0.6 is 0 Å². The molecule has 2 rings (SSSR count). The van der Waals surface area contributed by atoms with E-state index in [9.17, 15) is 0 Å². The standard InChI is InChI=1S/C38H75NO3/c1-4-7-10-11-15-18-23-28-38(41-35-37(42-38)34-39-30-32-40-33-31-39)29-24-19-16-13-12-14-17-22-27-36(25-20-8-5-2)26-21-9-6-3/h36-37H,4-35H2,1-3H3. The van der Waals surface area contributed by atoms with Crippen molar-refractivity contribution in [2.75, 3.05) is 39.5 Å². The molecular weight excluding hydrogens is 518 g/mol. The summed E-state index contributed by atoms with van der Waals surface area (Å²) in [6, 6.07) is 0. The van der Waals surface area contributed by atoms with Crippen LogP contribution in [-0.4, -0.2) is 56.2 Å². The van der Waals surface area contributed by atoms with Crippen LogP contribution in [0.5, 0.6) is 0 Å². The Morgan fingerprint density at radius 1 is 0.571 bits per heavy atom. The van der Waals surface area contributed by atoms with Gasteiger partial charge in [0.25, 0.3) is 0 Å². The largest absolute Gasteiger partial charge is 0.379 e. The molecule has 0 amide bonds. The predicted octanol–water partition coefficient (Wildman–Crippen LogP) is 11.2. The molecule has 42 heavy (non-hydrogen) atoms. The zero-order valence-corrected chi connectivity index (χ0v) is 29.0. The Balaban J connectivity index is 1.59. The summed E-state index contributed by atoms with van der Waals surface area (Å²) in [5.74, 6) is 0.690. The average molecular weight is 594 g/mol. The lowest BCUT2D eigenvalue weighted by molar-refractivity contribution is -0.181. The highest BCUT2D eigenvalue weighted by Crippen LogP contribution is 2.35. The maximum atomic E-state index is 6.75. The van der Waals surface area contributed by atoms with E-state index in [-0.39, 0.29) is 11.9 Å². The zero-order chi connectivity index (χ0) is 30.0. The highest BCUT2D eigenvalue weighted by molar-refractivity contribution is 4.82. The molecule has 0 aromatic rings. The summed E-state index contributed by atoms with van der Waals surface area (Å²) in [5.41, 5.74) is 0. The number of unbranched alkanes of at least 4 members (excludes halogenated alkanes) is 17. The van der Waals surface area contributed by atoms with Crippen molar-refractivity contribution in [3.8, 4) is 0 Å². The summed E-state index contributed by atoms with van der Waals surface area (Å²) in [6.45, 7) is 12.5. The van der Waals surface area contributed by atoms with E-state index in [0.717, 1.165) is 58.2 Å². The van der Waals surface area contributed by atoms with Gasteiger partial charge in [-0.3, -0.25) is 4.90 Å². The van der Waals surface area contributed by atoms with Gasteiger partial charge in [-0.15, -0.1) is 0 Å². The third-order valence-corrected chi connectivity index (χ3v) is 9.99. The number of morpholine rings is 1. The number of hydrogen-bond donors (Lipinski definition) is 0. The normalized spacial score (nSPS) is 21.6. The maximum Gasteiger partial charge on any atom is 0.168 e. The van der Waals surface area contributed by atoms with Gasteiger partial charge < -0.3 is 14.2 Å². The van der Waals surface area contributed by atoms with Crippen molar-refractivity contribution in [1.29, 1.82) is 0 Å². The van der Waals surface area contributed by atoms with Gasteiger partial charge in [-0.1, -0.05) is 162 Å². The summed E-state index contributed by atoms with van der Waals surface area (Å²) in [4.78, 5) is 2.50. The van der Waals surface area contributed by atoms with E-state index in [1.54, 1.807) is 0 Å². The fraction of sp³-hybridized carbons (Fsp3) is 1.00. The van der Waals surface area contributed by atoms with Crippen LogP contribution in [0.1, 0.15) is 188 Å². The summed E-state index contributed by atoms with van der Waals surface area (Å²) < 4.78 is 18.8. The van der Waals surface area contributed by atoms with E-state index < -0.39 is 0 Å². The van der Waals surface area contributed by atoms with Gasteiger partial charge >= 0.3 is 0 Å². The van der Waals surface area contributed by atoms with Crippen LogP contribution in [0.25, 0.3) is 0 Å². The molecule has 2 aliphatic heterocycles. The minimum Gasteiger partial charge on any atom is -0.379 e. The van der Waals surface area contributed by atoms with Crippen molar-refractivity contribution < 1.29 is 14.2 Å². The lowest BCUT2D eigenvalue weighted by Crippen LogP contribution is -2.42. The van der Waals surface area contributed by atoms with E-state index in [1.807, 2.05) is 0 Å². The van der Waals surface area contributed by atoms with Gasteiger partial charge in [0.1, 0.15) is 0 Å². The summed E-state index contributed by atoms with van der Waals surface area (Å²) >= 11 is 0. The predicted molar refractivity (Wildman–Crippen MR) is 181 cm³/mol. The first-order valence-corrected chi connectivity index (χ1v) is 19.3. The van der Waals surface area contributed by atoms with E-state index in [1.165, 1.54) is 154 Å². The SMILES string of the molecule is CCCCCCCCCC1(CCCCCCCCCCC(CCCCC)CCCCC)OCC(CN2CCOCC2)O1. The van der Waals surface area contributed by atoms with Gasteiger partial charge in [0.15, 0.2) is 5.79 Å². The molecule has 0 bridgehead atoms. The number of hydrogen-bond acceptors (Lipinski definition) is 4. The van der Waals surface area contributed by atoms with Gasteiger partial charge in [0, 0.05) is 32.5 Å². The summed E-state index contributed by atoms with van der Waals surface area (Å²) in [7, 11) is 0. The number of rotatable bonds is 29. The van der Waals surface area contributed by atoms with Crippen molar-refractivity contribution in [3.63, 3.8) is 0 Å². The summed E-state index contributed by atoms with van der Waals surface area (Å²) in [6.07, 6.45) is 35.9. The van der Waals surface area contributed by atoms with E-state index in [2.05, 4.69) is 25.7 Å². The third kappa shape index (κ3) is 18.6. The van der Waals surface area contributed by atoms with E-state index in [0.29, 0.717) is 0 Å². The van der Waals surface area contributed by atoms with Crippen LogP contribution in [0.4, 0.5) is 0 Å². The Hall–Kier alpha value is -0.160. The van der Waals surface area contributed by atoms with Crippen LogP contribution in [0, 0.1) is 5.92 Å². The minimum absolute atomic E-state index is 0.227. The highest BCUT2D eigenvalue weighted by Gasteiger charge is 2.41. The average Bonchev–Trinajstić information content (AvgIpc) is 3.40. The quantitative estimate of drug-likeness (QED) is 0.0807. The van der Waals surface area contributed by atoms with Crippen molar-refractivity contribution >= 4 is 0 Å². The number of ether oxygens (including phenoxy) is 3. The van der Waals surface area contributed by atoms with Gasteiger partial charge in [-0.2, -0.15) is 0 Å². The van der Waals surface area contributed by atoms with Gasteiger partial charge in [0.05, 0.1) is 25.9 Å². The first-order chi connectivity index (χ1) is 20.7. The molecule has 2 fully saturated rings. The molecule has 2 heterocycles. The molecule has 2 aliphatic rings. The molecule has 0 N–H and O–H groups in total. The Labute approximate surface area is 263 Å². The molecule has 2 atom stereocenters. The Morgan fingerprint density at radius 2 is 1.00 bits per heavy atom. The topological polar surface area (TPSA) is 30.9 Å². The molecule has 0 aromatic heterocycles. The molecule has 4 heteroatoms. The third-order valence-electron chi connectivity index (χ3n) is 9.99. The Bertz CT molecular complexity index is 571. The Morgan fingerprint density at radius 3 is 1.52 bits per heavy atom. The van der Waals surface area contributed by atoms with Crippen molar-refractivity contribution in [3.05, 3.63) is 0 Å². The second-order valence-corrected chi connectivity index (χ2v) is 14.0. The van der Waals surface area contributed by atoms with Crippen LogP contribution in [-0.2, 0) is 14.2 Å². The van der Waals surface area contributed by atoms with Gasteiger partial charge in [-0.25, -0.2) is 0 Å². The highest BCUT2D eigenvalue weighted by atomic mass is 16.7. The molecule has 0 aromatic carbocycles. The lowest BCUT2D eigenvalue weighted by atomic mass is 9.90. The van der Waals surface area contributed by atoms with Gasteiger partial charge in [0.2, 0.25) is 0 Å². The van der Waals surface area contributed by atoms with Crippen molar-refractivity contribution in [2.24, 2.45) is 5.92 Å². The van der Waals surface area contributed by atoms with E-state index >= 15 is 0 Å². The van der Waals surface area contributed by atoms with Gasteiger partial charge in [-0.05, 0) is 18.8 Å². The summed E-state index contributed by atoms with van der Waals surface area (Å²) in [5, 5.41) is 0. The lowest BCUT2D eigenvalue weighted by Gasteiger charge is -2.31. The monoisotopic (exact) mass is 594 g/mol. The Kier molecular flexibility index (Phi) is 23.6. The molecule has 2 unspecified atom stereocenters. The first-order valence-electron chi connectivity index (χ1n) is 19.3. The molecule has 0 aliphatic carbocycles. The maximum absolute atomic E-state index is 6.75. The fourth-order valence-electron chi connectivity index (χ4n) is 7.20. The molecule has 4 nitrogen and oxygen atoms in total. The second-order valence-electron chi connectivity index (χ2n) is 14.0. The van der Waals surface area contributed by atoms with Crippen LogP contribution in [0.2, 0.25) is 0 Å². The fourth-order valence-corrected chi connectivity index (χ4v) is 7.20. The molecule has 0 saturated carbocycles. The molecule has 0 radical (unpaired) electrons. The second kappa shape index (κ2) is 26.1. The van der Waals surface area contributed by atoms with Crippen LogP contribution in [0.15, 0.2) is 0 Å². The molecule has 250 valence electrons. The molecular formula is C38H75NO3. The van der Waals surface area contributed by atoms with Crippen molar-refractivity contribution in [2.45, 2.75) is 200 Å². The first kappa shape index (κ1) is 38.0. The molecule has 0 spiro atoms. The van der Waals surface area contributed by atoms with E-state index in [4.69, 9.17) is 14.2 Å². The smallest absolute Gasteiger partial charge is 0.168 e. The minimum atomic E-state index is -0.314. The number of nitrogens with zero attached hydrogens (tertiary/aromatic N) is 1. The molecule has 2 saturated heterocycles. The van der Waals surface area contributed by atoms with Crippen molar-refractivity contribution in [1.82, 2.24) is 4.90 Å². The van der Waals surface area contributed by atoms with Crippen LogP contribution < -0.4 is 0 Å².